The summed E-state index contributed by atoms with van der Waals surface area (Å²) in [6.07, 6.45) is 9.37. The lowest BCUT2D eigenvalue weighted by Crippen LogP contribution is -2.06. The molecular formula is C8H15NO. The van der Waals surface area contributed by atoms with Crippen molar-refractivity contribution in [3.63, 3.8) is 0 Å². The number of rotatable bonds is 2. The first kappa shape index (κ1) is 7.58. The van der Waals surface area contributed by atoms with E-state index in [9.17, 15) is 0 Å². The minimum absolute atomic E-state index is 0.796. The Bertz CT molecular complexity index is 106. The van der Waals surface area contributed by atoms with Crippen LogP contribution in [-0.4, -0.2) is 11.4 Å². The van der Waals surface area contributed by atoms with E-state index >= 15 is 0 Å². The van der Waals surface area contributed by atoms with E-state index in [-0.39, 0.29) is 0 Å². The van der Waals surface area contributed by atoms with Gasteiger partial charge < -0.3 is 5.21 Å². The smallest absolute Gasteiger partial charge is 0.0438 e. The van der Waals surface area contributed by atoms with Crippen molar-refractivity contribution < 1.29 is 5.21 Å². The third-order valence-electron chi connectivity index (χ3n) is 2.25. The van der Waals surface area contributed by atoms with Gasteiger partial charge in [0, 0.05) is 6.21 Å². The maximum Gasteiger partial charge on any atom is 0.0438 e. The molecule has 1 rings (SSSR count). The first-order valence-electron chi connectivity index (χ1n) is 4.09. The van der Waals surface area contributed by atoms with Crippen LogP contribution in [0.2, 0.25) is 0 Å². The van der Waals surface area contributed by atoms with Crippen LogP contribution < -0.4 is 0 Å². The van der Waals surface area contributed by atoms with Crippen molar-refractivity contribution in [2.24, 2.45) is 11.1 Å². The van der Waals surface area contributed by atoms with E-state index in [1.807, 2.05) is 0 Å². The first-order chi connectivity index (χ1) is 4.93. The standard InChI is InChI=1S/C8H15NO/c10-9-7-6-8-4-2-1-3-5-8/h7-8,10H,1-6H2. The van der Waals surface area contributed by atoms with Crippen LogP contribution in [-0.2, 0) is 0 Å². The first-order valence-corrected chi connectivity index (χ1v) is 4.09. The molecule has 0 aromatic carbocycles. The molecule has 0 radical (unpaired) electrons. The van der Waals surface area contributed by atoms with Crippen molar-refractivity contribution in [3.05, 3.63) is 0 Å². The molecule has 0 atom stereocenters. The predicted molar refractivity (Wildman–Crippen MR) is 41.5 cm³/mol. The highest BCUT2D eigenvalue weighted by molar-refractivity contribution is 5.56. The largest absolute Gasteiger partial charge is 0.411 e. The van der Waals surface area contributed by atoms with Gasteiger partial charge in [0.2, 0.25) is 0 Å². The summed E-state index contributed by atoms with van der Waals surface area (Å²) in [6, 6.07) is 0. The molecule has 0 aromatic heterocycles. The van der Waals surface area contributed by atoms with Gasteiger partial charge in [0.05, 0.1) is 0 Å². The van der Waals surface area contributed by atoms with E-state index < -0.39 is 0 Å². The second-order valence-corrected chi connectivity index (χ2v) is 3.04. The maximum absolute atomic E-state index is 8.17. The van der Waals surface area contributed by atoms with Crippen LogP contribution in [0, 0.1) is 5.92 Å². The van der Waals surface area contributed by atoms with Crippen molar-refractivity contribution in [2.75, 3.05) is 0 Å². The molecule has 0 unspecified atom stereocenters. The molecule has 1 fully saturated rings. The fourth-order valence-corrected chi connectivity index (χ4v) is 1.62. The molecule has 0 saturated heterocycles. The van der Waals surface area contributed by atoms with Gasteiger partial charge in [-0.15, -0.1) is 5.16 Å². The number of oxime groups is 1. The fraction of sp³-hybridized carbons (Fsp3) is 0.875. The molecular weight excluding hydrogens is 126 g/mol. The van der Waals surface area contributed by atoms with Gasteiger partial charge in [-0.1, -0.05) is 32.1 Å². The maximum atomic E-state index is 8.17. The van der Waals surface area contributed by atoms with Crippen molar-refractivity contribution in [1.82, 2.24) is 0 Å². The second-order valence-electron chi connectivity index (χ2n) is 3.04. The van der Waals surface area contributed by atoms with Gasteiger partial charge in [-0.2, -0.15) is 0 Å². The molecule has 58 valence electrons. The Morgan fingerprint density at radius 3 is 2.60 bits per heavy atom. The van der Waals surface area contributed by atoms with E-state index in [0.29, 0.717) is 0 Å². The fourth-order valence-electron chi connectivity index (χ4n) is 1.62. The lowest BCUT2D eigenvalue weighted by Gasteiger charge is -2.18. The molecule has 0 amide bonds. The van der Waals surface area contributed by atoms with Crippen LogP contribution in [0.3, 0.4) is 0 Å². The molecule has 0 aliphatic heterocycles. The predicted octanol–water partition coefficient (Wildman–Crippen LogP) is 2.42. The summed E-state index contributed by atoms with van der Waals surface area (Å²) in [5.74, 6) is 0.796. The number of hydrogen-bond donors (Lipinski definition) is 1. The summed E-state index contributed by atoms with van der Waals surface area (Å²) in [5.41, 5.74) is 0. The minimum atomic E-state index is 0.796. The van der Waals surface area contributed by atoms with Crippen molar-refractivity contribution >= 4 is 6.21 Å². The Morgan fingerprint density at radius 1 is 1.30 bits per heavy atom. The van der Waals surface area contributed by atoms with Crippen LogP contribution >= 0.6 is 0 Å². The zero-order valence-corrected chi connectivity index (χ0v) is 6.29. The van der Waals surface area contributed by atoms with Crippen molar-refractivity contribution in [1.29, 1.82) is 0 Å². The van der Waals surface area contributed by atoms with Gasteiger partial charge >= 0.3 is 0 Å². The molecule has 0 spiro atoms. The molecule has 0 aromatic rings. The third-order valence-corrected chi connectivity index (χ3v) is 2.25. The molecule has 10 heavy (non-hydrogen) atoms. The molecule has 1 aliphatic rings. The minimum Gasteiger partial charge on any atom is -0.411 e. The number of nitrogens with zero attached hydrogens (tertiary/aromatic N) is 1. The van der Waals surface area contributed by atoms with Crippen molar-refractivity contribution in [2.45, 2.75) is 38.5 Å². The molecule has 1 saturated carbocycles. The molecule has 2 heteroatoms. The Labute approximate surface area is 61.9 Å². The number of hydrogen-bond acceptors (Lipinski definition) is 2. The Balaban J connectivity index is 2.13. The van der Waals surface area contributed by atoms with E-state index in [0.717, 1.165) is 12.3 Å². The van der Waals surface area contributed by atoms with Gasteiger partial charge in [-0.3, -0.25) is 0 Å². The van der Waals surface area contributed by atoms with Crippen LogP contribution in [0.15, 0.2) is 5.16 Å². The van der Waals surface area contributed by atoms with E-state index in [1.54, 1.807) is 6.21 Å². The lowest BCUT2D eigenvalue weighted by molar-refractivity contribution is 0.315. The normalized spacial score (nSPS) is 22.0. The highest BCUT2D eigenvalue weighted by atomic mass is 16.4. The summed E-state index contributed by atoms with van der Waals surface area (Å²) in [6.45, 7) is 0. The zero-order chi connectivity index (χ0) is 7.23. The van der Waals surface area contributed by atoms with Gasteiger partial charge in [-0.05, 0) is 12.3 Å². The quantitative estimate of drug-likeness (QED) is 0.357. The lowest BCUT2D eigenvalue weighted by atomic mass is 9.87. The topological polar surface area (TPSA) is 32.6 Å². The highest BCUT2D eigenvalue weighted by Crippen LogP contribution is 2.25. The van der Waals surface area contributed by atoms with Crippen LogP contribution in [0.5, 0.6) is 0 Å². The van der Waals surface area contributed by atoms with Gasteiger partial charge in [-0.25, -0.2) is 0 Å². The van der Waals surface area contributed by atoms with E-state index in [1.165, 1.54) is 32.1 Å². The summed E-state index contributed by atoms with van der Waals surface area (Å²) in [5, 5.41) is 11.2. The summed E-state index contributed by atoms with van der Waals surface area (Å²) in [4.78, 5) is 0. The summed E-state index contributed by atoms with van der Waals surface area (Å²) in [7, 11) is 0. The molecule has 0 heterocycles. The van der Waals surface area contributed by atoms with Gasteiger partial charge in [0.1, 0.15) is 0 Å². The van der Waals surface area contributed by atoms with Crippen LogP contribution in [0.25, 0.3) is 0 Å². The summed E-state index contributed by atoms with van der Waals surface area (Å²) >= 11 is 0. The molecule has 1 aliphatic carbocycles. The van der Waals surface area contributed by atoms with Crippen LogP contribution in [0.1, 0.15) is 38.5 Å². The molecule has 0 bridgehead atoms. The van der Waals surface area contributed by atoms with E-state index in [2.05, 4.69) is 5.16 Å². The van der Waals surface area contributed by atoms with Crippen LogP contribution in [0.4, 0.5) is 0 Å². The zero-order valence-electron chi connectivity index (χ0n) is 6.29. The Morgan fingerprint density at radius 2 is 2.00 bits per heavy atom. The average molecular weight is 141 g/mol. The van der Waals surface area contributed by atoms with Gasteiger partial charge in [0.15, 0.2) is 0 Å². The SMILES string of the molecule is ON=CCC1CCCCC1. The second kappa shape index (κ2) is 4.31. The van der Waals surface area contributed by atoms with Crippen molar-refractivity contribution in [3.8, 4) is 0 Å². The van der Waals surface area contributed by atoms with E-state index in [4.69, 9.17) is 5.21 Å². The highest BCUT2D eigenvalue weighted by Gasteiger charge is 2.11. The Hall–Kier alpha value is -0.530. The molecule has 1 N–H and O–H groups in total. The Kier molecular flexibility index (Phi) is 3.27. The monoisotopic (exact) mass is 141 g/mol. The molecule has 2 nitrogen and oxygen atoms in total. The van der Waals surface area contributed by atoms with Gasteiger partial charge in [0.25, 0.3) is 0 Å². The third kappa shape index (κ3) is 2.38. The average Bonchev–Trinajstić information content (AvgIpc) is 2.03. The summed E-state index contributed by atoms with van der Waals surface area (Å²) < 4.78 is 0.